The van der Waals surface area contributed by atoms with Crippen molar-refractivity contribution < 1.29 is 9.53 Å². The zero-order valence-corrected chi connectivity index (χ0v) is 20.6. The Labute approximate surface area is 197 Å². The Morgan fingerprint density at radius 3 is 2.57 bits per heavy atom. The highest BCUT2D eigenvalue weighted by atomic mass is 127. The highest BCUT2D eigenvalue weighted by molar-refractivity contribution is 14.0. The predicted octanol–water partition coefficient (Wildman–Crippen LogP) is 3.49. The van der Waals surface area contributed by atoms with E-state index in [0.717, 1.165) is 36.8 Å². The maximum Gasteiger partial charge on any atom is 0.251 e. The molecule has 0 heterocycles. The van der Waals surface area contributed by atoms with Gasteiger partial charge in [0, 0.05) is 32.7 Å². The number of aliphatic imine (C=N–C) groups is 1. The van der Waals surface area contributed by atoms with E-state index in [4.69, 9.17) is 9.73 Å². The van der Waals surface area contributed by atoms with Crippen LogP contribution >= 0.6 is 24.0 Å². The van der Waals surface area contributed by atoms with Crippen LogP contribution in [0.1, 0.15) is 28.4 Å². The number of carbonyl (C=O) groups excluding carboxylic acids is 1. The number of amides is 1. The van der Waals surface area contributed by atoms with Gasteiger partial charge in [-0.25, -0.2) is 0 Å². The first kappa shape index (κ1) is 25.7. The van der Waals surface area contributed by atoms with Crippen molar-refractivity contribution in [1.82, 2.24) is 15.5 Å². The lowest BCUT2D eigenvalue weighted by atomic mass is 10.1. The minimum atomic E-state index is -0.0722. The Hall–Kier alpha value is -2.29. The fourth-order valence-electron chi connectivity index (χ4n) is 2.81. The summed E-state index contributed by atoms with van der Waals surface area (Å²) in [6.07, 6.45) is 0.771. The molecule has 2 N–H and O–H groups in total. The molecule has 0 aliphatic heterocycles. The van der Waals surface area contributed by atoms with Crippen molar-refractivity contribution in [3.8, 4) is 5.75 Å². The lowest BCUT2D eigenvalue weighted by molar-refractivity contribution is 0.0963. The van der Waals surface area contributed by atoms with E-state index in [1.54, 1.807) is 7.05 Å². The van der Waals surface area contributed by atoms with Crippen molar-refractivity contribution >= 4 is 35.8 Å². The molecule has 0 unspecified atom stereocenters. The second kappa shape index (κ2) is 13.8. The van der Waals surface area contributed by atoms with Crippen LogP contribution in [-0.2, 0) is 6.42 Å². The minimum Gasteiger partial charge on any atom is -0.492 e. The summed E-state index contributed by atoms with van der Waals surface area (Å²) in [7, 11) is 3.65. The summed E-state index contributed by atoms with van der Waals surface area (Å²) >= 11 is 0. The van der Waals surface area contributed by atoms with Crippen molar-refractivity contribution in [3.63, 3.8) is 0 Å². The highest BCUT2D eigenvalue weighted by Crippen LogP contribution is 2.11. The summed E-state index contributed by atoms with van der Waals surface area (Å²) in [5, 5.41) is 5.97. The molecule has 0 aromatic heterocycles. The van der Waals surface area contributed by atoms with E-state index in [-0.39, 0.29) is 29.9 Å². The highest BCUT2D eigenvalue weighted by Gasteiger charge is 2.07. The standard InChI is InChI=1S/C23H32N4O2.HI/c1-5-25-23(27(4)15-16-29-21-11-9-18(2)10-12-21)26-14-13-19-7-6-8-20(17-19)22(28)24-3;/h6-12,17H,5,13-16H2,1-4H3,(H,24,28)(H,25,26);1H. The number of halogens is 1. The van der Waals surface area contributed by atoms with Gasteiger partial charge >= 0.3 is 0 Å². The number of nitrogens with one attached hydrogen (secondary N) is 2. The molecule has 1 amide bonds. The Balaban J connectivity index is 0.00000450. The number of hydrogen-bond acceptors (Lipinski definition) is 3. The summed E-state index contributed by atoms with van der Waals surface area (Å²) in [6.45, 7) is 6.87. The molecule has 30 heavy (non-hydrogen) atoms. The van der Waals surface area contributed by atoms with Crippen LogP contribution in [0.4, 0.5) is 0 Å². The average Bonchev–Trinajstić information content (AvgIpc) is 2.74. The van der Waals surface area contributed by atoms with Crippen LogP contribution in [0.25, 0.3) is 0 Å². The number of hydrogen-bond donors (Lipinski definition) is 2. The summed E-state index contributed by atoms with van der Waals surface area (Å²) in [4.78, 5) is 18.6. The molecule has 2 aromatic rings. The van der Waals surface area contributed by atoms with Crippen molar-refractivity contribution in [2.45, 2.75) is 20.3 Å². The van der Waals surface area contributed by atoms with Crippen LogP contribution in [0.2, 0.25) is 0 Å². The zero-order valence-electron chi connectivity index (χ0n) is 18.3. The van der Waals surface area contributed by atoms with Crippen molar-refractivity contribution in [1.29, 1.82) is 0 Å². The summed E-state index contributed by atoms with van der Waals surface area (Å²) < 4.78 is 5.82. The third-order valence-electron chi connectivity index (χ3n) is 4.49. The fraction of sp³-hybridized carbons (Fsp3) is 0.391. The van der Waals surface area contributed by atoms with E-state index in [9.17, 15) is 4.79 Å². The van der Waals surface area contributed by atoms with E-state index in [2.05, 4.69) is 29.4 Å². The minimum absolute atomic E-state index is 0. The van der Waals surface area contributed by atoms with Crippen LogP contribution in [0.15, 0.2) is 53.5 Å². The quantitative estimate of drug-likeness (QED) is 0.300. The molecule has 2 rings (SSSR count). The van der Waals surface area contributed by atoms with Gasteiger partial charge < -0.3 is 20.3 Å². The molecular weight excluding hydrogens is 491 g/mol. The third-order valence-corrected chi connectivity index (χ3v) is 4.49. The lowest BCUT2D eigenvalue weighted by Crippen LogP contribution is -2.41. The fourth-order valence-corrected chi connectivity index (χ4v) is 2.81. The largest absolute Gasteiger partial charge is 0.492 e. The van der Waals surface area contributed by atoms with Gasteiger partial charge in [-0.2, -0.15) is 0 Å². The Morgan fingerprint density at radius 1 is 1.17 bits per heavy atom. The molecule has 6 nitrogen and oxygen atoms in total. The first-order valence-corrected chi connectivity index (χ1v) is 10.0. The van der Waals surface area contributed by atoms with E-state index in [0.29, 0.717) is 18.7 Å². The van der Waals surface area contributed by atoms with Crippen LogP contribution in [0.5, 0.6) is 5.75 Å². The molecule has 0 atom stereocenters. The maximum absolute atomic E-state index is 11.8. The Kier molecular flexibility index (Phi) is 11.9. The summed E-state index contributed by atoms with van der Waals surface area (Å²) in [6, 6.07) is 15.7. The monoisotopic (exact) mass is 524 g/mol. The van der Waals surface area contributed by atoms with Crippen molar-refractivity contribution in [3.05, 3.63) is 65.2 Å². The molecule has 0 aliphatic rings. The number of guanidine groups is 1. The normalized spacial score (nSPS) is 10.7. The molecule has 0 spiro atoms. The molecular formula is C23H33IN4O2. The maximum atomic E-state index is 11.8. The molecule has 0 aliphatic carbocycles. The van der Waals surface area contributed by atoms with Gasteiger partial charge in [0.05, 0.1) is 6.54 Å². The molecule has 0 saturated heterocycles. The van der Waals surface area contributed by atoms with E-state index >= 15 is 0 Å². The van der Waals surface area contributed by atoms with Crippen LogP contribution in [-0.4, -0.2) is 57.1 Å². The predicted molar refractivity (Wildman–Crippen MR) is 134 cm³/mol. The molecule has 0 bridgehead atoms. The molecule has 7 heteroatoms. The Morgan fingerprint density at radius 2 is 1.90 bits per heavy atom. The number of aryl methyl sites for hydroxylation is 1. The average molecular weight is 524 g/mol. The number of ether oxygens (including phenoxy) is 1. The molecule has 2 aromatic carbocycles. The molecule has 164 valence electrons. The van der Waals surface area contributed by atoms with Crippen molar-refractivity contribution in [2.75, 3.05) is 40.3 Å². The number of likely N-dealkylation sites (N-methyl/N-ethyl adjacent to an activating group) is 1. The van der Waals surface area contributed by atoms with Crippen LogP contribution < -0.4 is 15.4 Å². The van der Waals surface area contributed by atoms with Gasteiger partial charge in [0.25, 0.3) is 5.91 Å². The first-order chi connectivity index (χ1) is 14.0. The van der Waals surface area contributed by atoms with Gasteiger partial charge in [0.2, 0.25) is 0 Å². The van der Waals surface area contributed by atoms with E-state index in [1.807, 2.05) is 55.6 Å². The topological polar surface area (TPSA) is 66.0 Å². The van der Waals surface area contributed by atoms with Crippen LogP contribution in [0.3, 0.4) is 0 Å². The van der Waals surface area contributed by atoms with Gasteiger partial charge in [-0.1, -0.05) is 29.8 Å². The summed E-state index contributed by atoms with van der Waals surface area (Å²) in [5.74, 6) is 1.65. The van der Waals surface area contributed by atoms with E-state index in [1.165, 1.54) is 5.56 Å². The SMILES string of the molecule is CCNC(=NCCc1cccc(C(=O)NC)c1)N(C)CCOc1ccc(C)cc1.I. The molecule has 0 saturated carbocycles. The van der Waals surface area contributed by atoms with Gasteiger partial charge in [-0.3, -0.25) is 9.79 Å². The second-order valence-corrected chi connectivity index (χ2v) is 6.85. The molecule has 0 fully saturated rings. The number of rotatable bonds is 9. The van der Waals surface area contributed by atoms with Gasteiger partial charge in [-0.15, -0.1) is 24.0 Å². The zero-order chi connectivity index (χ0) is 21.1. The van der Waals surface area contributed by atoms with Gasteiger partial charge in [-0.05, 0) is 50.1 Å². The molecule has 0 radical (unpaired) electrons. The summed E-state index contributed by atoms with van der Waals surface area (Å²) in [5.41, 5.74) is 2.99. The van der Waals surface area contributed by atoms with Crippen LogP contribution in [0, 0.1) is 6.92 Å². The second-order valence-electron chi connectivity index (χ2n) is 6.85. The van der Waals surface area contributed by atoms with Gasteiger partial charge in [0.15, 0.2) is 5.96 Å². The lowest BCUT2D eigenvalue weighted by Gasteiger charge is -2.22. The van der Waals surface area contributed by atoms with E-state index < -0.39 is 0 Å². The third kappa shape index (κ3) is 8.61. The number of nitrogens with zero attached hydrogens (tertiary/aromatic N) is 2. The smallest absolute Gasteiger partial charge is 0.251 e. The number of benzene rings is 2. The number of carbonyl (C=O) groups is 1. The Bertz CT molecular complexity index is 809. The van der Waals surface area contributed by atoms with Crippen molar-refractivity contribution in [2.24, 2.45) is 4.99 Å². The first-order valence-electron chi connectivity index (χ1n) is 10.0. The van der Waals surface area contributed by atoms with Gasteiger partial charge in [0.1, 0.15) is 12.4 Å².